The van der Waals surface area contributed by atoms with Crippen LogP contribution >= 0.6 is 0 Å². The third-order valence-electron chi connectivity index (χ3n) is 2.70. The summed E-state index contributed by atoms with van der Waals surface area (Å²) in [5.74, 6) is 0. The second-order valence-electron chi connectivity index (χ2n) is 3.86. The minimum atomic E-state index is 0.454. The first-order valence-electron chi connectivity index (χ1n) is 5.00. The number of pyridine rings is 1. The van der Waals surface area contributed by atoms with Gasteiger partial charge in [-0.25, -0.2) is 0 Å². The minimum absolute atomic E-state index is 0.454. The van der Waals surface area contributed by atoms with Crippen LogP contribution in [0.15, 0.2) is 18.3 Å². The van der Waals surface area contributed by atoms with E-state index in [0.29, 0.717) is 12.1 Å². The van der Waals surface area contributed by atoms with Crippen molar-refractivity contribution in [3.63, 3.8) is 0 Å². The highest BCUT2D eigenvalue weighted by Gasteiger charge is 2.28. The predicted octanol–water partition coefficient (Wildman–Crippen LogP) is 1.98. The van der Waals surface area contributed by atoms with E-state index in [2.05, 4.69) is 16.4 Å². The zero-order valence-corrected chi connectivity index (χ0v) is 8.66. The maximum atomic E-state index is 5.23. The number of aryl methyl sites for hydroxylation is 1. The van der Waals surface area contributed by atoms with Crippen molar-refractivity contribution >= 4 is 5.69 Å². The Bertz CT molecular complexity index is 308. The molecule has 1 aromatic rings. The van der Waals surface area contributed by atoms with E-state index in [1.807, 2.05) is 19.2 Å². The lowest BCUT2D eigenvalue weighted by Crippen LogP contribution is -2.40. The van der Waals surface area contributed by atoms with Crippen LogP contribution in [0, 0.1) is 6.92 Å². The molecule has 0 spiro atoms. The van der Waals surface area contributed by atoms with Crippen LogP contribution in [-0.2, 0) is 4.74 Å². The molecule has 0 amide bonds. The Balaban J connectivity index is 1.87. The van der Waals surface area contributed by atoms with Crippen LogP contribution in [0.4, 0.5) is 5.69 Å². The summed E-state index contributed by atoms with van der Waals surface area (Å²) in [5, 5.41) is 3.46. The highest BCUT2D eigenvalue weighted by molar-refractivity contribution is 5.44. The minimum Gasteiger partial charge on any atom is -0.382 e. The smallest absolute Gasteiger partial charge is 0.0610 e. The number of nitrogens with zero attached hydrogens (tertiary/aromatic N) is 1. The molecule has 0 bridgehead atoms. The lowest BCUT2D eigenvalue weighted by atomic mass is 9.89. The molecular weight excluding hydrogens is 176 g/mol. The molecule has 0 aliphatic heterocycles. The molecule has 3 heteroatoms. The average Bonchev–Trinajstić information content (AvgIpc) is 2.10. The van der Waals surface area contributed by atoms with Crippen LogP contribution in [0.3, 0.4) is 0 Å². The number of ether oxygens (including phenoxy) is 1. The van der Waals surface area contributed by atoms with Gasteiger partial charge in [-0.3, -0.25) is 4.98 Å². The summed E-state index contributed by atoms with van der Waals surface area (Å²) in [7, 11) is 1.78. The van der Waals surface area contributed by atoms with Gasteiger partial charge in [-0.15, -0.1) is 0 Å². The van der Waals surface area contributed by atoms with Gasteiger partial charge in [-0.05, 0) is 31.9 Å². The zero-order chi connectivity index (χ0) is 9.97. The van der Waals surface area contributed by atoms with Gasteiger partial charge in [0.1, 0.15) is 0 Å². The molecule has 0 atom stereocenters. The lowest BCUT2D eigenvalue weighted by molar-refractivity contribution is 0.0329. The van der Waals surface area contributed by atoms with Gasteiger partial charge in [0.15, 0.2) is 0 Å². The number of anilines is 1. The van der Waals surface area contributed by atoms with Gasteiger partial charge in [0.05, 0.1) is 6.10 Å². The number of hydrogen-bond acceptors (Lipinski definition) is 3. The van der Waals surface area contributed by atoms with Crippen molar-refractivity contribution in [1.82, 2.24) is 4.98 Å². The highest BCUT2D eigenvalue weighted by Crippen LogP contribution is 2.26. The summed E-state index contributed by atoms with van der Waals surface area (Å²) in [6, 6.07) is 4.65. The summed E-state index contributed by atoms with van der Waals surface area (Å²) in [4.78, 5) is 4.16. The van der Waals surface area contributed by atoms with Crippen LogP contribution in [-0.4, -0.2) is 24.2 Å². The van der Waals surface area contributed by atoms with Gasteiger partial charge in [0.25, 0.3) is 0 Å². The van der Waals surface area contributed by atoms with Crippen LogP contribution in [0.1, 0.15) is 18.5 Å². The molecule has 3 nitrogen and oxygen atoms in total. The molecule has 1 fully saturated rings. The normalized spacial score (nSPS) is 25.6. The van der Waals surface area contributed by atoms with Gasteiger partial charge < -0.3 is 10.1 Å². The third-order valence-corrected chi connectivity index (χ3v) is 2.70. The molecule has 1 heterocycles. The molecule has 1 aromatic heterocycles. The highest BCUT2D eigenvalue weighted by atomic mass is 16.5. The molecule has 0 aromatic carbocycles. The fourth-order valence-electron chi connectivity index (χ4n) is 1.75. The Morgan fingerprint density at radius 3 is 2.93 bits per heavy atom. The molecule has 76 valence electrons. The summed E-state index contributed by atoms with van der Waals surface area (Å²) in [5.41, 5.74) is 2.22. The van der Waals surface area contributed by atoms with Crippen molar-refractivity contribution in [2.45, 2.75) is 31.9 Å². The van der Waals surface area contributed by atoms with Gasteiger partial charge in [0.2, 0.25) is 0 Å². The van der Waals surface area contributed by atoms with E-state index in [9.17, 15) is 0 Å². The van der Waals surface area contributed by atoms with E-state index in [4.69, 9.17) is 4.74 Å². The number of nitrogens with one attached hydrogen (secondary N) is 1. The van der Waals surface area contributed by atoms with Crippen molar-refractivity contribution in [1.29, 1.82) is 0 Å². The summed E-state index contributed by atoms with van der Waals surface area (Å²) in [6.45, 7) is 2.00. The molecule has 1 saturated carbocycles. The first-order chi connectivity index (χ1) is 6.78. The van der Waals surface area contributed by atoms with E-state index in [-0.39, 0.29) is 0 Å². The molecule has 0 unspecified atom stereocenters. The van der Waals surface area contributed by atoms with Crippen LogP contribution < -0.4 is 5.32 Å². The Kier molecular flexibility index (Phi) is 2.68. The molecule has 1 aliphatic rings. The molecule has 1 N–H and O–H groups in total. The topological polar surface area (TPSA) is 34.1 Å². The molecule has 14 heavy (non-hydrogen) atoms. The molecule has 1 aliphatic carbocycles. The molecule has 2 rings (SSSR count). The maximum absolute atomic E-state index is 5.23. The van der Waals surface area contributed by atoms with E-state index in [1.165, 1.54) is 0 Å². The summed E-state index contributed by atoms with van der Waals surface area (Å²) < 4.78 is 5.23. The van der Waals surface area contributed by atoms with Crippen molar-refractivity contribution in [3.8, 4) is 0 Å². The fraction of sp³-hybridized carbons (Fsp3) is 0.545. The number of hydrogen-bond donors (Lipinski definition) is 1. The largest absolute Gasteiger partial charge is 0.382 e. The van der Waals surface area contributed by atoms with Crippen molar-refractivity contribution in [2.75, 3.05) is 12.4 Å². The van der Waals surface area contributed by atoms with Gasteiger partial charge in [-0.1, -0.05) is 0 Å². The summed E-state index contributed by atoms with van der Waals surface area (Å²) >= 11 is 0. The van der Waals surface area contributed by atoms with Crippen molar-refractivity contribution in [2.24, 2.45) is 0 Å². The number of rotatable bonds is 3. The standard InChI is InChI=1S/C11H16N2O/c1-8-5-9(3-4-12-8)13-10-6-11(7-10)14-2/h3-5,10-11H,6-7H2,1-2H3,(H,12,13). The molecule has 0 radical (unpaired) electrons. The fourth-order valence-corrected chi connectivity index (χ4v) is 1.75. The quantitative estimate of drug-likeness (QED) is 0.795. The Morgan fingerprint density at radius 2 is 2.29 bits per heavy atom. The number of aromatic nitrogens is 1. The maximum Gasteiger partial charge on any atom is 0.0610 e. The van der Waals surface area contributed by atoms with E-state index >= 15 is 0 Å². The zero-order valence-electron chi connectivity index (χ0n) is 8.66. The molecular formula is C11H16N2O. The van der Waals surface area contributed by atoms with E-state index in [1.54, 1.807) is 7.11 Å². The van der Waals surface area contributed by atoms with Gasteiger partial charge in [-0.2, -0.15) is 0 Å². The van der Waals surface area contributed by atoms with Crippen molar-refractivity contribution < 1.29 is 4.74 Å². The van der Waals surface area contributed by atoms with Crippen LogP contribution in [0.5, 0.6) is 0 Å². The monoisotopic (exact) mass is 192 g/mol. The van der Waals surface area contributed by atoms with Crippen LogP contribution in [0.2, 0.25) is 0 Å². The first-order valence-corrected chi connectivity index (χ1v) is 5.00. The predicted molar refractivity (Wildman–Crippen MR) is 56.4 cm³/mol. The summed E-state index contributed by atoms with van der Waals surface area (Å²) in [6.07, 6.45) is 4.51. The Labute approximate surface area is 84.5 Å². The van der Waals surface area contributed by atoms with Gasteiger partial charge >= 0.3 is 0 Å². The van der Waals surface area contributed by atoms with Crippen molar-refractivity contribution in [3.05, 3.63) is 24.0 Å². The van der Waals surface area contributed by atoms with Crippen LogP contribution in [0.25, 0.3) is 0 Å². The Morgan fingerprint density at radius 1 is 1.50 bits per heavy atom. The molecule has 0 saturated heterocycles. The lowest BCUT2D eigenvalue weighted by Gasteiger charge is -2.35. The SMILES string of the molecule is COC1CC(Nc2ccnc(C)c2)C1. The first kappa shape index (κ1) is 9.46. The van der Waals surface area contributed by atoms with Gasteiger partial charge in [0, 0.05) is 30.7 Å². The number of methoxy groups -OCH3 is 1. The van der Waals surface area contributed by atoms with E-state index in [0.717, 1.165) is 24.2 Å². The van der Waals surface area contributed by atoms with E-state index < -0.39 is 0 Å². The average molecular weight is 192 g/mol. The second kappa shape index (κ2) is 3.96. The second-order valence-corrected chi connectivity index (χ2v) is 3.86. The Hall–Kier alpha value is -1.09. The third kappa shape index (κ3) is 2.04.